The molecule has 0 bridgehead atoms. The Balaban J connectivity index is 2.20. The molecule has 0 heterocycles. The lowest BCUT2D eigenvalue weighted by Gasteiger charge is -2.16. The van der Waals surface area contributed by atoms with Crippen molar-refractivity contribution < 1.29 is 14.6 Å². The molecular formula is C15H23ClN2O3. The molecule has 1 aromatic carbocycles. The van der Waals surface area contributed by atoms with Gasteiger partial charge in [0.2, 0.25) is 0 Å². The maximum atomic E-state index is 11.5. The molecule has 0 radical (unpaired) electrons. The van der Waals surface area contributed by atoms with Crippen molar-refractivity contribution >= 4 is 17.6 Å². The number of benzene rings is 1. The SMILES string of the molecule is CCC(O)CCNC(=O)NCC(C)Oc1cccc(Cl)c1. The van der Waals surface area contributed by atoms with Crippen LogP contribution in [0.5, 0.6) is 5.75 Å². The Morgan fingerprint density at radius 2 is 2.19 bits per heavy atom. The number of ether oxygens (including phenoxy) is 1. The summed E-state index contributed by atoms with van der Waals surface area (Å²) in [7, 11) is 0. The first-order valence-electron chi connectivity index (χ1n) is 7.13. The number of aliphatic hydroxyl groups is 1. The van der Waals surface area contributed by atoms with Crippen molar-refractivity contribution in [2.24, 2.45) is 0 Å². The average Bonchev–Trinajstić information content (AvgIpc) is 2.45. The van der Waals surface area contributed by atoms with Crippen LogP contribution in [0.3, 0.4) is 0 Å². The van der Waals surface area contributed by atoms with Gasteiger partial charge in [-0.1, -0.05) is 24.6 Å². The lowest BCUT2D eigenvalue weighted by Crippen LogP contribution is -2.41. The van der Waals surface area contributed by atoms with Crippen molar-refractivity contribution in [3.63, 3.8) is 0 Å². The van der Waals surface area contributed by atoms with E-state index in [1.165, 1.54) is 0 Å². The standard InChI is InChI=1S/C15H23ClN2O3/c1-3-13(19)7-8-17-15(20)18-10-11(2)21-14-6-4-5-12(16)9-14/h4-6,9,11,13,19H,3,7-8,10H2,1-2H3,(H2,17,18,20). The first-order valence-corrected chi connectivity index (χ1v) is 7.51. The van der Waals surface area contributed by atoms with E-state index in [2.05, 4.69) is 10.6 Å². The van der Waals surface area contributed by atoms with Gasteiger partial charge in [0.1, 0.15) is 11.9 Å². The van der Waals surface area contributed by atoms with Gasteiger partial charge in [-0.15, -0.1) is 0 Å². The maximum absolute atomic E-state index is 11.5. The second kappa shape index (κ2) is 9.47. The molecule has 0 aliphatic carbocycles. The smallest absolute Gasteiger partial charge is 0.314 e. The summed E-state index contributed by atoms with van der Waals surface area (Å²) in [5.41, 5.74) is 0. The fourth-order valence-electron chi connectivity index (χ4n) is 1.67. The van der Waals surface area contributed by atoms with Crippen molar-refractivity contribution in [1.82, 2.24) is 10.6 Å². The summed E-state index contributed by atoms with van der Waals surface area (Å²) in [5, 5.41) is 15.4. The molecule has 1 aromatic rings. The van der Waals surface area contributed by atoms with E-state index in [4.69, 9.17) is 16.3 Å². The van der Waals surface area contributed by atoms with E-state index in [1.54, 1.807) is 12.1 Å². The zero-order valence-electron chi connectivity index (χ0n) is 12.4. The average molecular weight is 315 g/mol. The number of amides is 2. The lowest BCUT2D eigenvalue weighted by atomic mass is 10.2. The molecule has 5 nitrogen and oxygen atoms in total. The van der Waals surface area contributed by atoms with Crippen LogP contribution < -0.4 is 15.4 Å². The minimum absolute atomic E-state index is 0.171. The van der Waals surface area contributed by atoms with Gasteiger partial charge < -0.3 is 20.5 Å². The second-order valence-corrected chi connectivity index (χ2v) is 5.31. The maximum Gasteiger partial charge on any atom is 0.314 e. The van der Waals surface area contributed by atoms with E-state index in [-0.39, 0.29) is 18.2 Å². The Bertz CT molecular complexity index is 443. The van der Waals surface area contributed by atoms with Gasteiger partial charge in [-0.25, -0.2) is 4.79 Å². The number of carbonyl (C=O) groups is 1. The zero-order chi connectivity index (χ0) is 15.7. The van der Waals surface area contributed by atoms with Crippen LogP contribution in [0.4, 0.5) is 4.79 Å². The Labute approximate surface area is 130 Å². The van der Waals surface area contributed by atoms with Gasteiger partial charge in [0, 0.05) is 11.6 Å². The minimum atomic E-state index is -0.365. The third kappa shape index (κ3) is 7.78. The summed E-state index contributed by atoms with van der Waals surface area (Å²) in [6, 6.07) is 6.86. The van der Waals surface area contributed by atoms with Gasteiger partial charge in [0.15, 0.2) is 0 Å². The molecule has 0 fully saturated rings. The quantitative estimate of drug-likeness (QED) is 0.690. The number of carbonyl (C=O) groups excluding carboxylic acids is 1. The molecule has 3 N–H and O–H groups in total. The third-order valence-electron chi connectivity index (χ3n) is 2.92. The number of rotatable bonds is 8. The number of urea groups is 1. The molecule has 1 rings (SSSR count). The summed E-state index contributed by atoms with van der Waals surface area (Å²) in [6.07, 6.45) is 0.706. The van der Waals surface area contributed by atoms with Crippen molar-refractivity contribution in [1.29, 1.82) is 0 Å². The minimum Gasteiger partial charge on any atom is -0.489 e. The largest absolute Gasteiger partial charge is 0.489 e. The second-order valence-electron chi connectivity index (χ2n) is 4.87. The summed E-state index contributed by atoms with van der Waals surface area (Å²) < 4.78 is 5.64. The lowest BCUT2D eigenvalue weighted by molar-refractivity contribution is 0.159. The molecule has 0 saturated heterocycles. The molecule has 6 heteroatoms. The molecule has 2 unspecified atom stereocenters. The number of halogens is 1. The van der Waals surface area contributed by atoms with Gasteiger partial charge >= 0.3 is 6.03 Å². The molecule has 0 saturated carbocycles. The predicted molar refractivity (Wildman–Crippen MR) is 83.9 cm³/mol. The molecule has 2 atom stereocenters. The molecule has 0 aliphatic rings. The normalized spacial score (nSPS) is 13.3. The van der Waals surface area contributed by atoms with Crippen molar-refractivity contribution in [2.45, 2.75) is 38.9 Å². The summed E-state index contributed by atoms with van der Waals surface area (Å²) >= 11 is 5.87. The molecule has 118 valence electrons. The van der Waals surface area contributed by atoms with E-state index in [0.717, 1.165) is 0 Å². The van der Waals surface area contributed by atoms with Gasteiger partial charge in [-0.3, -0.25) is 0 Å². The highest BCUT2D eigenvalue weighted by molar-refractivity contribution is 6.30. The van der Waals surface area contributed by atoms with Crippen LogP contribution in [0.1, 0.15) is 26.7 Å². The monoisotopic (exact) mass is 314 g/mol. The van der Waals surface area contributed by atoms with Crippen LogP contribution in [0.15, 0.2) is 24.3 Å². The number of hydrogen-bond acceptors (Lipinski definition) is 3. The summed E-state index contributed by atoms with van der Waals surface area (Å²) in [6.45, 7) is 4.60. The van der Waals surface area contributed by atoms with E-state index in [0.29, 0.717) is 36.7 Å². The fraction of sp³-hybridized carbons (Fsp3) is 0.533. The summed E-state index contributed by atoms with van der Waals surface area (Å²) in [4.78, 5) is 11.5. The highest BCUT2D eigenvalue weighted by Crippen LogP contribution is 2.18. The Kier molecular flexibility index (Phi) is 7.93. The van der Waals surface area contributed by atoms with Gasteiger partial charge in [0.25, 0.3) is 0 Å². The van der Waals surface area contributed by atoms with Crippen LogP contribution in [0.2, 0.25) is 5.02 Å². The molecule has 2 amide bonds. The number of hydrogen-bond donors (Lipinski definition) is 3. The van der Waals surface area contributed by atoms with Gasteiger partial charge in [-0.2, -0.15) is 0 Å². The highest BCUT2D eigenvalue weighted by Gasteiger charge is 2.07. The van der Waals surface area contributed by atoms with Crippen LogP contribution in [0.25, 0.3) is 0 Å². The van der Waals surface area contributed by atoms with E-state index < -0.39 is 0 Å². The van der Waals surface area contributed by atoms with Crippen molar-refractivity contribution in [3.05, 3.63) is 29.3 Å². The van der Waals surface area contributed by atoms with Gasteiger partial charge in [-0.05, 0) is 38.0 Å². The van der Waals surface area contributed by atoms with Crippen LogP contribution in [0, 0.1) is 0 Å². The molecule has 21 heavy (non-hydrogen) atoms. The van der Waals surface area contributed by atoms with Gasteiger partial charge in [0.05, 0.1) is 12.6 Å². The molecule has 0 spiro atoms. The summed E-state index contributed by atoms with van der Waals surface area (Å²) in [5.74, 6) is 0.670. The highest BCUT2D eigenvalue weighted by atomic mass is 35.5. The van der Waals surface area contributed by atoms with E-state index in [9.17, 15) is 9.90 Å². The molecule has 0 aromatic heterocycles. The van der Waals surface area contributed by atoms with Crippen LogP contribution in [-0.2, 0) is 0 Å². The Hall–Kier alpha value is -1.46. The van der Waals surface area contributed by atoms with Crippen molar-refractivity contribution in [3.8, 4) is 5.75 Å². The van der Waals surface area contributed by atoms with Crippen LogP contribution >= 0.6 is 11.6 Å². The van der Waals surface area contributed by atoms with Crippen LogP contribution in [-0.4, -0.2) is 36.4 Å². The zero-order valence-corrected chi connectivity index (χ0v) is 13.2. The van der Waals surface area contributed by atoms with Crippen molar-refractivity contribution in [2.75, 3.05) is 13.1 Å². The van der Waals surface area contributed by atoms with E-state index >= 15 is 0 Å². The Morgan fingerprint density at radius 3 is 2.86 bits per heavy atom. The first-order chi connectivity index (χ1) is 10.0. The topological polar surface area (TPSA) is 70.6 Å². The predicted octanol–water partition coefficient (Wildman–Crippen LogP) is 2.57. The van der Waals surface area contributed by atoms with E-state index in [1.807, 2.05) is 26.0 Å². The molecule has 0 aliphatic heterocycles. The molecular weight excluding hydrogens is 292 g/mol. The number of aliphatic hydroxyl groups excluding tert-OH is 1. The number of nitrogens with one attached hydrogen (secondary N) is 2. The first kappa shape index (κ1) is 17.6. The Morgan fingerprint density at radius 1 is 1.43 bits per heavy atom. The third-order valence-corrected chi connectivity index (χ3v) is 3.15. The fourth-order valence-corrected chi connectivity index (χ4v) is 1.85.